The van der Waals surface area contributed by atoms with Gasteiger partial charge in [-0.1, -0.05) is 19.3 Å². The minimum Gasteiger partial charge on any atom is -0.272 e. The molecule has 7 nitrogen and oxygen atoms in total. The maximum Gasteiger partial charge on any atom is 0.255 e. The van der Waals surface area contributed by atoms with Crippen LogP contribution in [-0.4, -0.2) is 48.7 Å². The third kappa shape index (κ3) is 5.72. The Balaban J connectivity index is 1.93. The number of pyridine rings is 1. The predicted molar refractivity (Wildman–Crippen MR) is 88.4 cm³/mol. The second-order valence-electron chi connectivity index (χ2n) is 5.67. The summed E-state index contributed by atoms with van der Waals surface area (Å²) in [6.45, 7) is -0.197. The molecule has 1 fully saturated rings. The SMILES string of the molecule is CS(=O)(=O)N(CC(=O)NN=Cc1ccncc1)C1CCCCC1. The first-order valence-electron chi connectivity index (χ1n) is 7.65. The number of hydrogen-bond donors (Lipinski definition) is 1. The average molecular weight is 338 g/mol. The van der Waals surface area contributed by atoms with Gasteiger partial charge in [-0.05, 0) is 30.5 Å². The van der Waals surface area contributed by atoms with Gasteiger partial charge in [0.15, 0.2) is 0 Å². The van der Waals surface area contributed by atoms with E-state index in [-0.39, 0.29) is 12.6 Å². The minimum atomic E-state index is -3.42. The average Bonchev–Trinajstić information content (AvgIpc) is 2.53. The molecule has 1 saturated carbocycles. The molecule has 1 aromatic heterocycles. The van der Waals surface area contributed by atoms with Crippen LogP contribution in [0.2, 0.25) is 0 Å². The molecule has 1 N–H and O–H groups in total. The molecule has 1 aliphatic carbocycles. The zero-order chi connectivity index (χ0) is 16.7. The van der Waals surface area contributed by atoms with Crippen LogP contribution in [0.15, 0.2) is 29.6 Å². The summed E-state index contributed by atoms with van der Waals surface area (Å²) in [5, 5.41) is 3.85. The Kier molecular flexibility index (Phi) is 6.23. The van der Waals surface area contributed by atoms with E-state index < -0.39 is 15.9 Å². The van der Waals surface area contributed by atoms with Gasteiger partial charge in [-0.3, -0.25) is 9.78 Å². The number of hydrogen-bond acceptors (Lipinski definition) is 5. The van der Waals surface area contributed by atoms with E-state index in [1.807, 2.05) is 0 Å². The lowest BCUT2D eigenvalue weighted by atomic mass is 9.95. The first-order valence-corrected chi connectivity index (χ1v) is 9.50. The van der Waals surface area contributed by atoms with Crippen LogP contribution in [0, 0.1) is 0 Å². The highest BCUT2D eigenvalue weighted by atomic mass is 32.2. The van der Waals surface area contributed by atoms with Crippen LogP contribution in [-0.2, 0) is 14.8 Å². The number of carbonyl (C=O) groups excluding carboxylic acids is 1. The van der Waals surface area contributed by atoms with E-state index in [0.717, 1.165) is 43.9 Å². The lowest BCUT2D eigenvalue weighted by molar-refractivity contribution is -0.121. The first-order chi connectivity index (χ1) is 11.0. The van der Waals surface area contributed by atoms with Crippen LogP contribution < -0.4 is 5.43 Å². The largest absolute Gasteiger partial charge is 0.272 e. The maximum atomic E-state index is 12.0. The summed E-state index contributed by atoms with van der Waals surface area (Å²) in [6.07, 6.45) is 10.6. The second-order valence-corrected chi connectivity index (χ2v) is 7.61. The molecule has 1 amide bonds. The molecule has 2 rings (SSSR count). The molecule has 0 radical (unpaired) electrons. The lowest BCUT2D eigenvalue weighted by Gasteiger charge is -2.31. The van der Waals surface area contributed by atoms with E-state index in [1.54, 1.807) is 24.5 Å². The number of aromatic nitrogens is 1. The zero-order valence-corrected chi connectivity index (χ0v) is 14.0. The van der Waals surface area contributed by atoms with Crippen molar-refractivity contribution in [3.63, 3.8) is 0 Å². The van der Waals surface area contributed by atoms with E-state index in [9.17, 15) is 13.2 Å². The van der Waals surface area contributed by atoms with E-state index in [1.165, 1.54) is 10.5 Å². The molecule has 0 saturated heterocycles. The highest BCUT2D eigenvalue weighted by molar-refractivity contribution is 7.88. The van der Waals surface area contributed by atoms with Gasteiger partial charge in [0.05, 0.1) is 19.0 Å². The lowest BCUT2D eigenvalue weighted by Crippen LogP contribution is -2.45. The highest BCUT2D eigenvalue weighted by Crippen LogP contribution is 2.24. The Bertz CT molecular complexity index is 640. The summed E-state index contributed by atoms with van der Waals surface area (Å²) in [4.78, 5) is 15.9. The Morgan fingerprint density at radius 3 is 2.61 bits per heavy atom. The minimum absolute atomic E-state index is 0.0892. The van der Waals surface area contributed by atoms with Gasteiger partial charge in [-0.25, -0.2) is 13.8 Å². The Morgan fingerprint density at radius 2 is 2.00 bits per heavy atom. The number of carbonyl (C=O) groups is 1. The van der Waals surface area contributed by atoms with Gasteiger partial charge in [0.25, 0.3) is 5.91 Å². The first kappa shape index (κ1) is 17.6. The molecule has 1 aromatic rings. The van der Waals surface area contributed by atoms with Gasteiger partial charge in [-0.2, -0.15) is 9.41 Å². The van der Waals surface area contributed by atoms with Crippen LogP contribution >= 0.6 is 0 Å². The molecule has 0 unspecified atom stereocenters. The third-order valence-corrected chi connectivity index (χ3v) is 5.10. The molecule has 0 aliphatic heterocycles. The summed E-state index contributed by atoms with van der Waals surface area (Å²) in [5.74, 6) is -0.439. The van der Waals surface area contributed by atoms with E-state index >= 15 is 0 Å². The van der Waals surface area contributed by atoms with Crippen molar-refractivity contribution >= 4 is 22.1 Å². The van der Waals surface area contributed by atoms with E-state index in [0.29, 0.717) is 0 Å². The van der Waals surface area contributed by atoms with Gasteiger partial charge in [0.1, 0.15) is 0 Å². The normalized spacial score (nSPS) is 16.8. The topological polar surface area (TPSA) is 91.7 Å². The Morgan fingerprint density at radius 1 is 1.35 bits per heavy atom. The molecule has 0 aromatic carbocycles. The van der Waals surface area contributed by atoms with Gasteiger partial charge < -0.3 is 0 Å². The van der Waals surface area contributed by atoms with Crippen molar-refractivity contribution < 1.29 is 13.2 Å². The van der Waals surface area contributed by atoms with Crippen molar-refractivity contribution in [2.75, 3.05) is 12.8 Å². The van der Waals surface area contributed by atoms with Crippen molar-refractivity contribution in [3.8, 4) is 0 Å². The van der Waals surface area contributed by atoms with Crippen molar-refractivity contribution in [3.05, 3.63) is 30.1 Å². The number of rotatable bonds is 6. The summed E-state index contributed by atoms with van der Waals surface area (Å²) < 4.78 is 25.2. The summed E-state index contributed by atoms with van der Waals surface area (Å²) in [5.41, 5.74) is 3.18. The van der Waals surface area contributed by atoms with Gasteiger partial charge in [0.2, 0.25) is 10.0 Å². The molecule has 0 spiro atoms. The Labute approximate surface area is 136 Å². The quantitative estimate of drug-likeness (QED) is 0.621. The fraction of sp³-hybridized carbons (Fsp3) is 0.533. The standard InChI is InChI=1S/C15H22N4O3S/c1-23(21,22)19(14-5-3-2-4-6-14)12-15(20)18-17-11-13-7-9-16-10-8-13/h7-11,14H,2-6,12H2,1H3,(H,18,20). The molecule has 126 valence electrons. The molecule has 0 atom stereocenters. The zero-order valence-electron chi connectivity index (χ0n) is 13.2. The number of amides is 1. The molecule has 23 heavy (non-hydrogen) atoms. The van der Waals surface area contributed by atoms with Crippen molar-refractivity contribution in [2.45, 2.75) is 38.1 Å². The van der Waals surface area contributed by atoms with Crippen molar-refractivity contribution in [1.82, 2.24) is 14.7 Å². The Hall–Kier alpha value is -1.80. The summed E-state index contributed by atoms with van der Waals surface area (Å²) in [6, 6.07) is 3.41. The summed E-state index contributed by atoms with van der Waals surface area (Å²) in [7, 11) is -3.42. The second kappa shape index (κ2) is 8.16. The fourth-order valence-electron chi connectivity index (χ4n) is 2.69. The van der Waals surface area contributed by atoms with Crippen molar-refractivity contribution in [2.24, 2.45) is 5.10 Å². The number of hydrazone groups is 1. The molecule has 1 aliphatic rings. The smallest absolute Gasteiger partial charge is 0.255 e. The van der Waals surface area contributed by atoms with E-state index in [4.69, 9.17) is 0 Å². The molecular formula is C15H22N4O3S. The molecule has 0 bridgehead atoms. The van der Waals surface area contributed by atoms with Crippen LogP contribution in [0.4, 0.5) is 0 Å². The highest BCUT2D eigenvalue weighted by Gasteiger charge is 2.29. The van der Waals surface area contributed by atoms with Crippen molar-refractivity contribution in [1.29, 1.82) is 0 Å². The predicted octanol–water partition coefficient (Wildman–Crippen LogP) is 1.13. The monoisotopic (exact) mass is 338 g/mol. The van der Waals surface area contributed by atoms with Gasteiger partial charge in [-0.15, -0.1) is 0 Å². The molecule has 8 heteroatoms. The fourth-order valence-corrected chi connectivity index (χ4v) is 3.80. The van der Waals surface area contributed by atoms with Crippen LogP contribution in [0.3, 0.4) is 0 Å². The van der Waals surface area contributed by atoms with Crippen LogP contribution in [0.25, 0.3) is 0 Å². The van der Waals surface area contributed by atoms with Crippen LogP contribution in [0.5, 0.6) is 0 Å². The number of sulfonamides is 1. The maximum absolute atomic E-state index is 12.0. The molecule has 1 heterocycles. The molecular weight excluding hydrogens is 316 g/mol. The van der Waals surface area contributed by atoms with Gasteiger partial charge in [0, 0.05) is 18.4 Å². The van der Waals surface area contributed by atoms with E-state index in [2.05, 4.69) is 15.5 Å². The van der Waals surface area contributed by atoms with Gasteiger partial charge >= 0.3 is 0 Å². The third-order valence-electron chi connectivity index (χ3n) is 3.82. The number of nitrogens with one attached hydrogen (secondary N) is 1. The van der Waals surface area contributed by atoms with Crippen LogP contribution in [0.1, 0.15) is 37.7 Å². The summed E-state index contributed by atoms with van der Waals surface area (Å²) >= 11 is 0. The number of nitrogens with zero attached hydrogens (tertiary/aromatic N) is 3.